The van der Waals surface area contributed by atoms with Gasteiger partial charge in [0.25, 0.3) is 0 Å². The van der Waals surface area contributed by atoms with Crippen LogP contribution in [0.25, 0.3) is 0 Å². The zero-order valence-corrected chi connectivity index (χ0v) is 11.5. The smallest absolute Gasteiger partial charge is 0.228 e. The van der Waals surface area contributed by atoms with Gasteiger partial charge in [-0.15, -0.1) is 0 Å². The average molecular weight is 249 g/mol. The van der Waals surface area contributed by atoms with Gasteiger partial charge in [-0.05, 0) is 25.0 Å². The van der Waals surface area contributed by atoms with Gasteiger partial charge < -0.3 is 10.6 Å². The summed E-state index contributed by atoms with van der Waals surface area (Å²) in [6.45, 7) is 7.89. The molecule has 0 aliphatic heterocycles. The first-order valence-corrected chi connectivity index (χ1v) is 6.55. The standard InChI is InChI=1S/C14H23N3O/c1-4-11(3)10-17(5-2)14(18)8-13-7-6-12(15)9-16-13/h6-7,9,11H,4-5,8,10,15H2,1-3H3. The molecule has 0 radical (unpaired) electrons. The number of aromatic nitrogens is 1. The zero-order chi connectivity index (χ0) is 13.5. The third-order valence-electron chi connectivity index (χ3n) is 3.14. The van der Waals surface area contributed by atoms with Crippen LogP contribution in [-0.2, 0) is 11.2 Å². The fourth-order valence-electron chi connectivity index (χ4n) is 1.72. The minimum atomic E-state index is 0.134. The van der Waals surface area contributed by atoms with Crippen LogP contribution in [-0.4, -0.2) is 28.9 Å². The number of amides is 1. The van der Waals surface area contributed by atoms with E-state index in [1.165, 1.54) is 0 Å². The molecule has 0 fully saturated rings. The van der Waals surface area contributed by atoms with E-state index in [1.54, 1.807) is 12.3 Å². The highest BCUT2D eigenvalue weighted by molar-refractivity contribution is 5.78. The van der Waals surface area contributed by atoms with Crippen molar-refractivity contribution >= 4 is 11.6 Å². The molecule has 0 aromatic carbocycles. The molecule has 4 heteroatoms. The summed E-state index contributed by atoms with van der Waals surface area (Å²) >= 11 is 0. The van der Waals surface area contributed by atoms with Crippen molar-refractivity contribution in [1.82, 2.24) is 9.88 Å². The summed E-state index contributed by atoms with van der Waals surface area (Å²) in [7, 11) is 0. The molecule has 0 bridgehead atoms. The van der Waals surface area contributed by atoms with E-state index in [1.807, 2.05) is 17.9 Å². The Bertz CT molecular complexity index is 375. The lowest BCUT2D eigenvalue weighted by molar-refractivity contribution is -0.130. The topological polar surface area (TPSA) is 59.2 Å². The van der Waals surface area contributed by atoms with Gasteiger partial charge in [0.05, 0.1) is 18.3 Å². The monoisotopic (exact) mass is 249 g/mol. The van der Waals surface area contributed by atoms with Crippen LogP contribution in [0.1, 0.15) is 32.9 Å². The first-order chi connectivity index (χ1) is 8.56. The SMILES string of the molecule is CCC(C)CN(CC)C(=O)Cc1ccc(N)cn1. The van der Waals surface area contributed by atoms with E-state index in [4.69, 9.17) is 5.73 Å². The third-order valence-corrected chi connectivity index (χ3v) is 3.14. The fraction of sp³-hybridized carbons (Fsp3) is 0.571. The van der Waals surface area contributed by atoms with Gasteiger partial charge >= 0.3 is 0 Å². The molecule has 0 saturated heterocycles. The number of anilines is 1. The lowest BCUT2D eigenvalue weighted by Gasteiger charge is -2.24. The second kappa shape index (κ2) is 6.99. The van der Waals surface area contributed by atoms with Crippen LogP contribution in [0, 0.1) is 5.92 Å². The Morgan fingerprint density at radius 3 is 2.67 bits per heavy atom. The normalized spacial score (nSPS) is 12.2. The quantitative estimate of drug-likeness (QED) is 0.840. The third kappa shape index (κ3) is 4.35. The van der Waals surface area contributed by atoms with Gasteiger partial charge in [0, 0.05) is 18.8 Å². The molecule has 0 spiro atoms. The molecule has 2 N–H and O–H groups in total. The van der Waals surface area contributed by atoms with E-state index in [9.17, 15) is 4.79 Å². The minimum absolute atomic E-state index is 0.134. The first-order valence-electron chi connectivity index (χ1n) is 6.55. The summed E-state index contributed by atoms with van der Waals surface area (Å²) in [5.74, 6) is 0.670. The van der Waals surface area contributed by atoms with Crippen LogP contribution in [0.3, 0.4) is 0 Å². The summed E-state index contributed by atoms with van der Waals surface area (Å²) in [5.41, 5.74) is 6.97. The van der Waals surface area contributed by atoms with Crippen molar-refractivity contribution in [2.45, 2.75) is 33.6 Å². The first kappa shape index (κ1) is 14.5. The van der Waals surface area contributed by atoms with E-state index in [0.29, 0.717) is 18.0 Å². The Labute approximate surface area is 109 Å². The lowest BCUT2D eigenvalue weighted by Crippen LogP contribution is -2.35. The highest BCUT2D eigenvalue weighted by atomic mass is 16.2. The summed E-state index contributed by atoms with van der Waals surface area (Å²) in [5, 5.41) is 0. The minimum Gasteiger partial charge on any atom is -0.397 e. The number of carbonyl (C=O) groups excluding carboxylic acids is 1. The number of hydrogen-bond acceptors (Lipinski definition) is 3. The predicted octanol–water partition coefficient (Wildman–Crippen LogP) is 2.10. The molecule has 1 atom stereocenters. The molecular formula is C14H23N3O. The summed E-state index contributed by atoms with van der Waals surface area (Å²) in [6.07, 6.45) is 3.03. The van der Waals surface area contributed by atoms with Crippen LogP contribution in [0.2, 0.25) is 0 Å². The predicted molar refractivity (Wildman–Crippen MR) is 74.1 cm³/mol. The van der Waals surface area contributed by atoms with Crippen molar-refractivity contribution in [3.8, 4) is 0 Å². The Morgan fingerprint density at radius 1 is 1.44 bits per heavy atom. The molecule has 1 heterocycles. The summed E-state index contributed by atoms with van der Waals surface area (Å²) in [6, 6.07) is 3.59. The van der Waals surface area contributed by atoms with Gasteiger partial charge in [-0.3, -0.25) is 9.78 Å². The van der Waals surface area contributed by atoms with Gasteiger partial charge in [0.1, 0.15) is 0 Å². The largest absolute Gasteiger partial charge is 0.397 e. The molecular weight excluding hydrogens is 226 g/mol. The lowest BCUT2D eigenvalue weighted by atomic mass is 10.1. The highest BCUT2D eigenvalue weighted by Gasteiger charge is 2.15. The van der Waals surface area contributed by atoms with E-state index >= 15 is 0 Å². The van der Waals surface area contributed by atoms with Crippen LogP contribution in [0.15, 0.2) is 18.3 Å². The molecule has 18 heavy (non-hydrogen) atoms. The number of nitrogen functional groups attached to an aromatic ring is 1. The number of carbonyl (C=O) groups is 1. The van der Waals surface area contributed by atoms with Crippen molar-refractivity contribution in [1.29, 1.82) is 0 Å². The molecule has 0 aliphatic rings. The number of likely N-dealkylation sites (N-methyl/N-ethyl adjacent to an activating group) is 1. The van der Waals surface area contributed by atoms with Gasteiger partial charge in [-0.2, -0.15) is 0 Å². The second-order valence-electron chi connectivity index (χ2n) is 4.71. The number of pyridine rings is 1. The second-order valence-corrected chi connectivity index (χ2v) is 4.71. The molecule has 1 amide bonds. The van der Waals surface area contributed by atoms with Gasteiger partial charge in [0.15, 0.2) is 0 Å². The van der Waals surface area contributed by atoms with Crippen molar-refractivity contribution in [2.24, 2.45) is 5.92 Å². The van der Waals surface area contributed by atoms with Crippen LogP contribution >= 0.6 is 0 Å². The Hall–Kier alpha value is -1.58. The molecule has 1 aromatic heterocycles. The number of nitrogens with two attached hydrogens (primary N) is 1. The molecule has 100 valence electrons. The molecule has 0 aliphatic carbocycles. The van der Waals surface area contributed by atoms with Gasteiger partial charge in [-0.1, -0.05) is 20.3 Å². The summed E-state index contributed by atoms with van der Waals surface area (Å²) < 4.78 is 0. The highest BCUT2D eigenvalue weighted by Crippen LogP contribution is 2.08. The van der Waals surface area contributed by atoms with Crippen molar-refractivity contribution in [3.63, 3.8) is 0 Å². The van der Waals surface area contributed by atoms with Crippen molar-refractivity contribution in [2.75, 3.05) is 18.8 Å². The maximum atomic E-state index is 12.1. The van der Waals surface area contributed by atoms with Crippen molar-refractivity contribution in [3.05, 3.63) is 24.0 Å². The number of hydrogen-bond donors (Lipinski definition) is 1. The van der Waals surface area contributed by atoms with Crippen LogP contribution in [0.4, 0.5) is 5.69 Å². The number of rotatable bonds is 6. The van der Waals surface area contributed by atoms with E-state index in [0.717, 1.165) is 25.2 Å². The maximum Gasteiger partial charge on any atom is 0.228 e. The van der Waals surface area contributed by atoms with E-state index < -0.39 is 0 Å². The van der Waals surface area contributed by atoms with Gasteiger partial charge in [-0.25, -0.2) is 0 Å². The van der Waals surface area contributed by atoms with E-state index in [-0.39, 0.29) is 5.91 Å². The molecule has 1 unspecified atom stereocenters. The molecule has 1 aromatic rings. The fourth-order valence-corrected chi connectivity index (χ4v) is 1.72. The Morgan fingerprint density at radius 2 is 2.17 bits per heavy atom. The van der Waals surface area contributed by atoms with Crippen LogP contribution in [0.5, 0.6) is 0 Å². The Kier molecular flexibility index (Phi) is 5.62. The molecule has 4 nitrogen and oxygen atoms in total. The molecule has 1 rings (SSSR count). The number of nitrogens with zero attached hydrogens (tertiary/aromatic N) is 2. The Balaban J connectivity index is 2.59. The van der Waals surface area contributed by atoms with E-state index in [2.05, 4.69) is 18.8 Å². The van der Waals surface area contributed by atoms with Crippen LogP contribution < -0.4 is 5.73 Å². The average Bonchev–Trinajstić information content (AvgIpc) is 2.38. The maximum absolute atomic E-state index is 12.1. The summed E-state index contributed by atoms with van der Waals surface area (Å²) in [4.78, 5) is 18.2. The zero-order valence-electron chi connectivity index (χ0n) is 11.5. The molecule has 0 saturated carbocycles. The van der Waals surface area contributed by atoms with Crippen molar-refractivity contribution < 1.29 is 4.79 Å². The van der Waals surface area contributed by atoms with Gasteiger partial charge in [0.2, 0.25) is 5.91 Å².